The highest BCUT2D eigenvalue weighted by Crippen LogP contribution is 2.29. The molecule has 0 heterocycles. The van der Waals surface area contributed by atoms with Crippen molar-refractivity contribution in [2.24, 2.45) is 0 Å². The van der Waals surface area contributed by atoms with Crippen molar-refractivity contribution in [3.63, 3.8) is 0 Å². The molecule has 0 aliphatic carbocycles. The molecule has 0 unspecified atom stereocenters. The molecule has 4 aromatic rings. The number of rotatable bonds is 11. The first-order chi connectivity index (χ1) is 18.0. The summed E-state index contributed by atoms with van der Waals surface area (Å²) in [7, 11) is 0. The number of aryl methyl sites for hydroxylation is 2. The molecule has 0 aliphatic heterocycles. The summed E-state index contributed by atoms with van der Waals surface area (Å²) >= 11 is 0. The first-order valence-corrected chi connectivity index (χ1v) is 12.3. The van der Waals surface area contributed by atoms with Crippen molar-refractivity contribution in [1.29, 1.82) is 0 Å². The minimum atomic E-state index is -0.851. The lowest BCUT2D eigenvalue weighted by atomic mass is 9.97. The van der Waals surface area contributed by atoms with Crippen molar-refractivity contribution < 1.29 is 22.6 Å². The van der Waals surface area contributed by atoms with E-state index in [1.807, 2.05) is 37.3 Å². The maximum Gasteiger partial charge on any atom is 0.166 e. The van der Waals surface area contributed by atoms with Crippen molar-refractivity contribution in [1.82, 2.24) is 0 Å². The van der Waals surface area contributed by atoms with Crippen molar-refractivity contribution >= 4 is 0 Å². The van der Waals surface area contributed by atoms with Gasteiger partial charge in [-0.25, -0.2) is 13.2 Å². The fraction of sp³-hybridized carbons (Fsp3) is 0.188. The summed E-state index contributed by atoms with van der Waals surface area (Å²) in [5.74, 6) is -1.20. The molecule has 0 amide bonds. The van der Waals surface area contributed by atoms with E-state index in [0.29, 0.717) is 49.4 Å². The van der Waals surface area contributed by atoms with Gasteiger partial charge in [0.05, 0.1) is 13.2 Å². The van der Waals surface area contributed by atoms with Gasteiger partial charge < -0.3 is 9.47 Å². The summed E-state index contributed by atoms with van der Waals surface area (Å²) in [5, 5.41) is 0. The Kier molecular flexibility index (Phi) is 8.68. The van der Waals surface area contributed by atoms with E-state index in [1.165, 1.54) is 6.07 Å². The van der Waals surface area contributed by atoms with Gasteiger partial charge in [0.1, 0.15) is 5.75 Å². The highest BCUT2D eigenvalue weighted by atomic mass is 19.2. The van der Waals surface area contributed by atoms with Crippen LogP contribution in [-0.4, -0.2) is 13.2 Å². The Morgan fingerprint density at radius 1 is 0.730 bits per heavy atom. The second-order valence-electron chi connectivity index (χ2n) is 8.63. The Balaban J connectivity index is 1.41. The Labute approximate surface area is 216 Å². The van der Waals surface area contributed by atoms with Crippen LogP contribution >= 0.6 is 0 Å². The molecule has 0 bridgehead atoms. The van der Waals surface area contributed by atoms with Gasteiger partial charge in [-0.1, -0.05) is 60.7 Å². The highest BCUT2D eigenvalue weighted by Gasteiger charge is 2.15. The van der Waals surface area contributed by atoms with Crippen LogP contribution in [0.15, 0.2) is 91.5 Å². The monoisotopic (exact) mass is 502 g/mol. The number of hydrogen-bond acceptors (Lipinski definition) is 2. The van der Waals surface area contributed by atoms with Crippen LogP contribution in [0.5, 0.6) is 11.5 Å². The van der Waals surface area contributed by atoms with Gasteiger partial charge in [0.15, 0.2) is 23.2 Å². The summed E-state index contributed by atoms with van der Waals surface area (Å²) in [4.78, 5) is 0. The first-order valence-electron chi connectivity index (χ1n) is 12.3. The van der Waals surface area contributed by atoms with Crippen molar-refractivity contribution in [3.05, 3.63) is 120 Å². The van der Waals surface area contributed by atoms with Gasteiger partial charge in [-0.15, -0.1) is 6.58 Å². The normalized spacial score (nSPS) is 10.8. The Hall–Kier alpha value is -3.99. The second-order valence-corrected chi connectivity index (χ2v) is 8.63. The van der Waals surface area contributed by atoms with Gasteiger partial charge in [-0.2, -0.15) is 0 Å². The molecule has 0 radical (unpaired) electrons. The minimum Gasteiger partial charge on any atom is -0.494 e. The maximum atomic E-state index is 14.9. The molecule has 0 spiro atoms. The zero-order chi connectivity index (χ0) is 26.2. The Morgan fingerprint density at radius 3 is 2.11 bits per heavy atom. The largest absolute Gasteiger partial charge is 0.494 e. The summed E-state index contributed by atoms with van der Waals surface area (Å²) < 4.78 is 54.9. The quantitative estimate of drug-likeness (QED) is 0.151. The van der Waals surface area contributed by atoms with Crippen LogP contribution in [-0.2, 0) is 12.8 Å². The molecule has 4 rings (SSSR count). The summed E-state index contributed by atoms with van der Waals surface area (Å²) in [6.07, 6.45) is 3.27. The molecule has 5 heteroatoms. The van der Waals surface area contributed by atoms with Gasteiger partial charge >= 0.3 is 0 Å². The SMILES string of the molecule is C=CCCOc1ccc(-c2ccc(CCc3ccc(-c4ccc(OCC)cc4)c(F)c3F)cc2)cc1F. The maximum absolute atomic E-state index is 14.9. The lowest BCUT2D eigenvalue weighted by Crippen LogP contribution is -2.00. The molecule has 0 aromatic heterocycles. The van der Waals surface area contributed by atoms with Crippen molar-refractivity contribution in [2.45, 2.75) is 26.2 Å². The molecule has 4 aromatic carbocycles. The van der Waals surface area contributed by atoms with E-state index in [0.717, 1.165) is 16.7 Å². The number of hydrogen-bond donors (Lipinski definition) is 0. The lowest BCUT2D eigenvalue weighted by molar-refractivity contribution is 0.308. The van der Waals surface area contributed by atoms with Crippen LogP contribution in [0.1, 0.15) is 24.5 Å². The standard InChI is InChI=1S/C32H29F3O2/c1-3-5-20-37-30-19-15-26(21-29(30)33)23-9-6-22(7-10-23)8-11-25-14-18-28(32(35)31(25)34)24-12-16-27(17-13-24)36-4-2/h3,6-7,9-10,12-19,21H,1,4-5,8,11,20H2,2H3. The third-order valence-corrected chi connectivity index (χ3v) is 6.12. The zero-order valence-corrected chi connectivity index (χ0v) is 20.8. The zero-order valence-electron chi connectivity index (χ0n) is 20.8. The van der Waals surface area contributed by atoms with Gasteiger partial charge in [0.2, 0.25) is 0 Å². The van der Waals surface area contributed by atoms with Crippen molar-refractivity contribution in [2.75, 3.05) is 13.2 Å². The lowest BCUT2D eigenvalue weighted by Gasteiger charge is -2.11. The van der Waals surface area contributed by atoms with Crippen LogP contribution in [0.3, 0.4) is 0 Å². The van der Waals surface area contributed by atoms with Gasteiger partial charge in [-0.05, 0) is 78.3 Å². The van der Waals surface area contributed by atoms with Crippen LogP contribution in [0.25, 0.3) is 22.3 Å². The molecule has 0 atom stereocenters. The molecule has 0 fully saturated rings. The molecular formula is C32H29F3O2. The van der Waals surface area contributed by atoms with E-state index in [2.05, 4.69) is 6.58 Å². The number of halogens is 3. The number of ether oxygens (including phenoxy) is 2. The van der Waals surface area contributed by atoms with E-state index in [-0.39, 0.29) is 11.3 Å². The number of benzene rings is 4. The average Bonchev–Trinajstić information content (AvgIpc) is 2.92. The van der Waals surface area contributed by atoms with Crippen molar-refractivity contribution in [3.8, 4) is 33.8 Å². The smallest absolute Gasteiger partial charge is 0.166 e. The predicted octanol–water partition coefficient (Wildman–Crippen LogP) is 8.58. The van der Waals surface area contributed by atoms with Gasteiger partial charge in [0.25, 0.3) is 0 Å². The average molecular weight is 503 g/mol. The van der Waals surface area contributed by atoms with E-state index >= 15 is 0 Å². The molecule has 190 valence electrons. The van der Waals surface area contributed by atoms with Crippen LogP contribution in [0.2, 0.25) is 0 Å². The molecule has 37 heavy (non-hydrogen) atoms. The van der Waals surface area contributed by atoms with Crippen LogP contribution in [0.4, 0.5) is 13.2 Å². The first kappa shape index (κ1) is 26.1. The molecular weight excluding hydrogens is 473 g/mol. The molecule has 0 N–H and O–H groups in total. The van der Waals surface area contributed by atoms with E-state index in [1.54, 1.807) is 48.5 Å². The fourth-order valence-corrected chi connectivity index (χ4v) is 4.10. The van der Waals surface area contributed by atoms with E-state index < -0.39 is 17.5 Å². The molecule has 2 nitrogen and oxygen atoms in total. The summed E-state index contributed by atoms with van der Waals surface area (Å²) in [5.41, 5.74) is 3.71. The third-order valence-electron chi connectivity index (χ3n) is 6.12. The molecule has 0 saturated carbocycles. The predicted molar refractivity (Wildman–Crippen MR) is 143 cm³/mol. The second kappa shape index (κ2) is 12.3. The molecule has 0 saturated heterocycles. The van der Waals surface area contributed by atoms with Crippen LogP contribution in [0, 0.1) is 17.5 Å². The minimum absolute atomic E-state index is 0.213. The Morgan fingerprint density at radius 2 is 1.43 bits per heavy atom. The van der Waals surface area contributed by atoms with E-state index in [9.17, 15) is 13.2 Å². The van der Waals surface area contributed by atoms with Gasteiger partial charge in [0, 0.05) is 5.56 Å². The summed E-state index contributed by atoms with van der Waals surface area (Å²) in [6, 6.07) is 22.7. The third kappa shape index (κ3) is 6.42. The fourth-order valence-electron chi connectivity index (χ4n) is 4.10. The molecule has 0 aliphatic rings. The Bertz CT molecular complexity index is 1350. The summed E-state index contributed by atoms with van der Waals surface area (Å²) in [6.45, 7) is 6.43. The van der Waals surface area contributed by atoms with Crippen LogP contribution < -0.4 is 9.47 Å². The highest BCUT2D eigenvalue weighted by molar-refractivity contribution is 5.66. The topological polar surface area (TPSA) is 18.5 Å². The van der Waals surface area contributed by atoms with Gasteiger partial charge in [-0.3, -0.25) is 0 Å². The van der Waals surface area contributed by atoms with E-state index in [4.69, 9.17) is 9.47 Å².